The van der Waals surface area contributed by atoms with Gasteiger partial charge in [0.1, 0.15) is 11.5 Å². The van der Waals surface area contributed by atoms with Gasteiger partial charge in [0.25, 0.3) is 0 Å². The van der Waals surface area contributed by atoms with Gasteiger partial charge in [-0.1, -0.05) is 28.9 Å². The van der Waals surface area contributed by atoms with Crippen molar-refractivity contribution in [2.24, 2.45) is 0 Å². The van der Waals surface area contributed by atoms with Gasteiger partial charge in [0.15, 0.2) is 0 Å². The molecule has 0 aliphatic carbocycles. The summed E-state index contributed by atoms with van der Waals surface area (Å²) in [6, 6.07) is 8.10. The van der Waals surface area contributed by atoms with Crippen molar-refractivity contribution in [3.8, 4) is 5.75 Å². The lowest BCUT2D eigenvalue weighted by Crippen LogP contribution is -2.22. The Balaban J connectivity index is 2.37. The summed E-state index contributed by atoms with van der Waals surface area (Å²) in [5, 5.41) is 3.47. The molecule has 20 heavy (non-hydrogen) atoms. The highest BCUT2D eigenvalue weighted by atomic mass is 79.9. The summed E-state index contributed by atoms with van der Waals surface area (Å²) in [7, 11) is 0. The number of halogens is 1. The zero-order chi connectivity index (χ0) is 14.5. The average Bonchev–Trinajstić information content (AvgIpc) is 2.83. The maximum Gasteiger partial charge on any atom is 0.128 e. The first-order chi connectivity index (χ1) is 9.67. The first-order valence-corrected chi connectivity index (χ1v) is 7.66. The number of ether oxygens (including phenoxy) is 1. The molecule has 1 aromatic carbocycles. The van der Waals surface area contributed by atoms with E-state index in [0.717, 1.165) is 33.7 Å². The fourth-order valence-corrected chi connectivity index (χ4v) is 2.81. The van der Waals surface area contributed by atoms with Crippen LogP contribution in [0.5, 0.6) is 5.75 Å². The summed E-state index contributed by atoms with van der Waals surface area (Å²) in [5.74, 6) is 1.83. The summed E-state index contributed by atoms with van der Waals surface area (Å²) < 4.78 is 12.2. The average molecular weight is 338 g/mol. The maximum atomic E-state index is 5.65. The minimum atomic E-state index is 0.0417. The van der Waals surface area contributed by atoms with Gasteiger partial charge in [-0.3, -0.25) is 0 Å². The molecule has 0 aliphatic heterocycles. The van der Waals surface area contributed by atoms with Crippen LogP contribution in [0.1, 0.15) is 36.8 Å². The SMILES string of the molecule is CCNC(c1ccc(OCC)cc1Br)c1occc1C. The fraction of sp³-hybridized carbons (Fsp3) is 0.375. The quantitative estimate of drug-likeness (QED) is 0.845. The largest absolute Gasteiger partial charge is 0.494 e. The number of hydrogen-bond acceptors (Lipinski definition) is 3. The van der Waals surface area contributed by atoms with Crippen LogP contribution in [0.15, 0.2) is 39.4 Å². The summed E-state index contributed by atoms with van der Waals surface area (Å²) in [6.45, 7) is 7.67. The van der Waals surface area contributed by atoms with Crippen molar-refractivity contribution >= 4 is 15.9 Å². The van der Waals surface area contributed by atoms with Crippen molar-refractivity contribution in [3.05, 3.63) is 51.9 Å². The van der Waals surface area contributed by atoms with E-state index >= 15 is 0 Å². The highest BCUT2D eigenvalue weighted by Crippen LogP contribution is 2.33. The number of benzene rings is 1. The van der Waals surface area contributed by atoms with Gasteiger partial charge in [0.2, 0.25) is 0 Å². The predicted octanol–water partition coefficient (Wildman–Crippen LogP) is 4.45. The molecule has 0 spiro atoms. The van der Waals surface area contributed by atoms with Gasteiger partial charge in [0.05, 0.1) is 18.9 Å². The van der Waals surface area contributed by atoms with E-state index in [4.69, 9.17) is 9.15 Å². The summed E-state index contributed by atoms with van der Waals surface area (Å²) in [4.78, 5) is 0. The second kappa shape index (κ2) is 6.95. The molecule has 1 unspecified atom stereocenters. The molecule has 108 valence electrons. The number of furan rings is 1. The van der Waals surface area contributed by atoms with Crippen molar-refractivity contribution in [1.82, 2.24) is 5.32 Å². The summed E-state index contributed by atoms with van der Waals surface area (Å²) in [5.41, 5.74) is 2.30. The first-order valence-electron chi connectivity index (χ1n) is 6.87. The highest BCUT2D eigenvalue weighted by Gasteiger charge is 2.20. The molecule has 1 heterocycles. The first kappa shape index (κ1) is 15.1. The normalized spacial score (nSPS) is 12.4. The molecule has 2 rings (SSSR count). The van der Waals surface area contributed by atoms with E-state index in [0.29, 0.717) is 6.61 Å². The van der Waals surface area contributed by atoms with Crippen LogP contribution < -0.4 is 10.1 Å². The van der Waals surface area contributed by atoms with E-state index < -0.39 is 0 Å². The Morgan fingerprint density at radius 3 is 2.65 bits per heavy atom. The Bertz CT molecular complexity index is 565. The van der Waals surface area contributed by atoms with Crippen molar-refractivity contribution in [2.75, 3.05) is 13.2 Å². The third-order valence-corrected chi connectivity index (χ3v) is 3.85. The van der Waals surface area contributed by atoms with Gasteiger partial charge < -0.3 is 14.5 Å². The summed E-state index contributed by atoms with van der Waals surface area (Å²) in [6.07, 6.45) is 1.73. The highest BCUT2D eigenvalue weighted by molar-refractivity contribution is 9.10. The van der Waals surface area contributed by atoms with Crippen LogP contribution in [0.3, 0.4) is 0 Å². The molecule has 0 saturated heterocycles. The molecule has 2 aromatic rings. The maximum absolute atomic E-state index is 5.65. The van der Waals surface area contributed by atoms with Crippen LogP contribution in [0.4, 0.5) is 0 Å². The molecule has 1 aromatic heterocycles. The molecule has 3 nitrogen and oxygen atoms in total. The fourth-order valence-electron chi connectivity index (χ4n) is 2.23. The lowest BCUT2D eigenvalue weighted by molar-refractivity contribution is 0.339. The monoisotopic (exact) mass is 337 g/mol. The van der Waals surface area contributed by atoms with Crippen LogP contribution in [0.2, 0.25) is 0 Å². The van der Waals surface area contributed by atoms with Crippen molar-refractivity contribution in [3.63, 3.8) is 0 Å². The lowest BCUT2D eigenvalue weighted by atomic mass is 10.0. The van der Waals surface area contributed by atoms with Gasteiger partial charge >= 0.3 is 0 Å². The molecule has 0 amide bonds. The molecular weight excluding hydrogens is 318 g/mol. The molecule has 4 heteroatoms. The minimum absolute atomic E-state index is 0.0417. The Morgan fingerprint density at radius 2 is 2.10 bits per heavy atom. The Morgan fingerprint density at radius 1 is 1.30 bits per heavy atom. The number of hydrogen-bond donors (Lipinski definition) is 1. The number of aryl methyl sites for hydroxylation is 1. The Kier molecular flexibility index (Phi) is 5.26. The van der Waals surface area contributed by atoms with E-state index in [2.05, 4.69) is 41.2 Å². The second-order valence-electron chi connectivity index (χ2n) is 4.57. The van der Waals surface area contributed by atoms with Gasteiger partial charge in [-0.15, -0.1) is 0 Å². The van der Waals surface area contributed by atoms with Crippen molar-refractivity contribution in [2.45, 2.75) is 26.8 Å². The molecular formula is C16H20BrNO2. The van der Waals surface area contributed by atoms with Crippen LogP contribution in [-0.4, -0.2) is 13.2 Å². The molecule has 0 aliphatic rings. The van der Waals surface area contributed by atoms with Crippen LogP contribution in [0.25, 0.3) is 0 Å². The van der Waals surface area contributed by atoms with E-state index in [-0.39, 0.29) is 6.04 Å². The lowest BCUT2D eigenvalue weighted by Gasteiger charge is -2.19. The van der Waals surface area contributed by atoms with Crippen LogP contribution >= 0.6 is 15.9 Å². The molecule has 0 bridgehead atoms. The smallest absolute Gasteiger partial charge is 0.128 e. The predicted molar refractivity (Wildman–Crippen MR) is 84.3 cm³/mol. The van der Waals surface area contributed by atoms with E-state index in [1.54, 1.807) is 6.26 Å². The van der Waals surface area contributed by atoms with Gasteiger partial charge in [-0.05, 0) is 49.7 Å². The minimum Gasteiger partial charge on any atom is -0.494 e. The number of rotatable bonds is 6. The van der Waals surface area contributed by atoms with Crippen molar-refractivity contribution in [1.29, 1.82) is 0 Å². The van der Waals surface area contributed by atoms with Crippen molar-refractivity contribution < 1.29 is 9.15 Å². The Hall–Kier alpha value is -1.26. The zero-order valence-electron chi connectivity index (χ0n) is 12.1. The van der Waals surface area contributed by atoms with E-state index in [1.807, 2.05) is 25.1 Å². The van der Waals surface area contributed by atoms with Crippen LogP contribution in [0, 0.1) is 6.92 Å². The topological polar surface area (TPSA) is 34.4 Å². The van der Waals surface area contributed by atoms with Gasteiger partial charge in [0, 0.05) is 4.47 Å². The molecule has 1 atom stereocenters. The molecule has 0 saturated carbocycles. The van der Waals surface area contributed by atoms with Gasteiger partial charge in [-0.25, -0.2) is 0 Å². The molecule has 0 radical (unpaired) electrons. The van der Waals surface area contributed by atoms with Gasteiger partial charge in [-0.2, -0.15) is 0 Å². The van der Waals surface area contributed by atoms with E-state index in [9.17, 15) is 0 Å². The molecule has 1 N–H and O–H groups in total. The summed E-state index contributed by atoms with van der Waals surface area (Å²) >= 11 is 3.64. The standard InChI is InChI=1S/C16H20BrNO2/c1-4-18-15(16-11(3)8-9-20-16)13-7-6-12(19-5-2)10-14(13)17/h6-10,15,18H,4-5H2,1-3H3. The third-order valence-electron chi connectivity index (χ3n) is 3.17. The third kappa shape index (κ3) is 3.25. The number of nitrogens with one attached hydrogen (secondary N) is 1. The van der Waals surface area contributed by atoms with E-state index in [1.165, 1.54) is 0 Å². The Labute approximate surface area is 128 Å². The zero-order valence-corrected chi connectivity index (χ0v) is 13.7. The molecule has 0 fully saturated rings. The second-order valence-corrected chi connectivity index (χ2v) is 5.43. The van der Waals surface area contributed by atoms with Crippen LogP contribution in [-0.2, 0) is 0 Å².